The molecule has 2 N–H and O–H groups in total. The first-order valence-corrected chi connectivity index (χ1v) is 6.94. The molecule has 1 unspecified atom stereocenters. The Kier molecular flexibility index (Phi) is 4.47. The summed E-state index contributed by atoms with van der Waals surface area (Å²) in [6.07, 6.45) is 1.83. The van der Waals surface area contributed by atoms with Gasteiger partial charge in [0.25, 0.3) is 0 Å². The van der Waals surface area contributed by atoms with Crippen LogP contribution in [0.5, 0.6) is 0 Å². The van der Waals surface area contributed by atoms with Gasteiger partial charge in [0, 0.05) is 24.2 Å². The highest BCUT2D eigenvalue weighted by Gasteiger charge is 2.18. The first-order valence-electron chi connectivity index (χ1n) is 6.06. The molecule has 0 fully saturated rings. The average Bonchev–Trinajstić information content (AvgIpc) is 2.78. The molecule has 0 aliphatic carbocycles. The molecule has 96 valence electrons. The van der Waals surface area contributed by atoms with Gasteiger partial charge in [-0.05, 0) is 43.1 Å². The number of likely N-dealkylation sites (N-methyl/N-ethyl adjacent to an activating group) is 1. The second kappa shape index (κ2) is 6.09. The molecule has 0 saturated carbocycles. The van der Waals surface area contributed by atoms with Crippen molar-refractivity contribution in [3.63, 3.8) is 0 Å². The van der Waals surface area contributed by atoms with Crippen molar-refractivity contribution in [1.82, 2.24) is 9.88 Å². The summed E-state index contributed by atoms with van der Waals surface area (Å²) in [6, 6.07) is 8.42. The van der Waals surface area contributed by atoms with Crippen molar-refractivity contribution in [2.24, 2.45) is 5.73 Å². The van der Waals surface area contributed by atoms with E-state index in [0.717, 1.165) is 12.2 Å². The molecule has 0 radical (unpaired) electrons. The van der Waals surface area contributed by atoms with E-state index in [4.69, 9.17) is 5.73 Å². The Labute approximate surface area is 112 Å². The van der Waals surface area contributed by atoms with Crippen molar-refractivity contribution in [2.75, 3.05) is 13.6 Å². The van der Waals surface area contributed by atoms with Gasteiger partial charge in [-0.1, -0.05) is 6.07 Å². The van der Waals surface area contributed by atoms with Crippen LogP contribution in [0.15, 0.2) is 35.8 Å². The van der Waals surface area contributed by atoms with Crippen LogP contribution < -0.4 is 5.73 Å². The van der Waals surface area contributed by atoms with Gasteiger partial charge >= 0.3 is 0 Å². The zero-order chi connectivity index (χ0) is 13.0. The largest absolute Gasteiger partial charge is 0.329 e. The number of rotatable bonds is 5. The first kappa shape index (κ1) is 13.2. The lowest BCUT2D eigenvalue weighted by molar-refractivity contribution is 0.242. The molecule has 18 heavy (non-hydrogen) atoms. The Balaban J connectivity index is 2.11. The molecular formula is C14H19N3S. The normalized spacial score (nSPS) is 12.9. The minimum Gasteiger partial charge on any atom is -0.329 e. The van der Waals surface area contributed by atoms with E-state index in [0.29, 0.717) is 6.54 Å². The van der Waals surface area contributed by atoms with Crippen molar-refractivity contribution in [3.8, 4) is 0 Å². The molecular weight excluding hydrogens is 242 g/mol. The molecule has 2 aromatic heterocycles. The minimum absolute atomic E-state index is 0.270. The van der Waals surface area contributed by atoms with Crippen LogP contribution >= 0.6 is 11.3 Å². The zero-order valence-electron chi connectivity index (χ0n) is 10.8. The van der Waals surface area contributed by atoms with E-state index in [1.165, 1.54) is 10.4 Å². The van der Waals surface area contributed by atoms with Crippen molar-refractivity contribution in [3.05, 3.63) is 52.0 Å². The smallest absolute Gasteiger partial charge is 0.0567 e. The zero-order valence-corrected chi connectivity index (χ0v) is 11.7. The fraction of sp³-hybridized carbons (Fsp3) is 0.357. The number of nitrogens with two attached hydrogens (primary N) is 1. The summed E-state index contributed by atoms with van der Waals surface area (Å²) in [5.41, 5.74) is 8.33. The van der Waals surface area contributed by atoms with Crippen LogP contribution in [-0.2, 0) is 6.54 Å². The molecule has 4 heteroatoms. The van der Waals surface area contributed by atoms with Gasteiger partial charge in [-0.3, -0.25) is 9.88 Å². The van der Waals surface area contributed by atoms with Gasteiger partial charge in [-0.2, -0.15) is 0 Å². The van der Waals surface area contributed by atoms with Gasteiger partial charge in [-0.25, -0.2) is 0 Å². The fourth-order valence-electron chi connectivity index (χ4n) is 2.07. The summed E-state index contributed by atoms with van der Waals surface area (Å²) in [5.74, 6) is 0. The van der Waals surface area contributed by atoms with Gasteiger partial charge in [0.1, 0.15) is 0 Å². The minimum atomic E-state index is 0.270. The number of aromatic nitrogens is 1. The fourth-order valence-corrected chi connectivity index (χ4v) is 3.18. The van der Waals surface area contributed by atoms with Crippen LogP contribution in [0.1, 0.15) is 22.2 Å². The molecule has 2 rings (SSSR count). The van der Waals surface area contributed by atoms with Crippen molar-refractivity contribution < 1.29 is 0 Å². The molecule has 3 nitrogen and oxygen atoms in total. The van der Waals surface area contributed by atoms with Crippen LogP contribution in [0.4, 0.5) is 0 Å². The number of hydrogen-bond donors (Lipinski definition) is 1. The number of nitrogens with zero attached hydrogens (tertiary/aromatic N) is 2. The molecule has 0 aliphatic rings. The van der Waals surface area contributed by atoms with Crippen LogP contribution in [-0.4, -0.2) is 23.5 Å². The van der Waals surface area contributed by atoms with E-state index in [1.807, 2.05) is 24.4 Å². The van der Waals surface area contributed by atoms with E-state index >= 15 is 0 Å². The Hall–Kier alpha value is -1.23. The number of thiophene rings is 1. The third kappa shape index (κ3) is 2.96. The third-order valence-electron chi connectivity index (χ3n) is 3.10. The first-order chi connectivity index (χ1) is 8.72. The molecule has 2 aromatic rings. The number of pyridine rings is 1. The van der Waals surface area contributed by atoms with Crippen LogP contribution in [0, 0.1) is 6.92 Å². The van der Waals surface area contributed by atoms with E-state index in [-0.39, 0.29) is 6.04 Å². The lowest BCUT2D eigenvalue weighted by Gasteiger charge is -2.26. The standard InChI is InChI=1S/C14H19N3S/c1-11-6-8-18-14(11)13(9-15)17(2)10-12-5-3-4-7-16-12/h3-8,13H,9-10,15H2,1-2H3. The molecule has 0 bridgehead atoms. The summed E-state index contributed by atoms with van der Waals surface area (Å²) < 4.78 is 0. The molecule has 0 saturated heterocycles. The second-order valence-corrected chi connectivity index (χ2v) is 5.40. The maximum absolute atomic E-state index is 5.93. The van der Waals surface area contributed by atoms with Crippen LogP contribution in [0.25, 0.3) is 0 Å². The lowest BCUT2D eigenvalue weighted by atomic mass is 10.1. The van der Waals surface area contributed by atoms with E-state index < -0.39 is 0 Å². The average molecular weight is 261 g/mol. The summed E-state index contributed by atoms with van der Waals surface area (Å²) >= 11 is 1.78. The predicted octanol–water partition coefficient (Wildman–Crippen LogP) is 2.58. The highest BCUT2D eigenvalue weighted by Crippen LogP contribution is 2.27. The summed E-state index contributed by atoms with van der Waals surface area (Å²) in [4.78, 5) is 7.98. The summed E-state index contributed by atoms with van der Waals surface area (Å²) in [5, 5.41) is 2.13. The van der Waals surface area contributed by atoms with E-state index in [9.17, 15) is 0 Å². The molecule has 0 spiro atoms. The molecule has 1 atom stereocenters. The van der Waals surface area contributed by atoms with Crippen molar-refractivity contribution in [2.45, 2.75) is 19.5 Å². The summed E-state index contributed by atoms with van der Waals surface area (Å²) in [6.45, 7) is 3.59. The molecule has 0 aliphatic heterocycles. The maximum Gasteiger partial charge on any atom is 0.0567 e. The Morgan fingerprint density at radius 2 is 2.22 bits per heavy atom. The molecule has 2 heterocycles. The van der Waals surface area contributed by atoms with Crippen molar-refractivity contribution in [1.29, 1.82) is 0 Å². The van der Waals surface area contributed by atoms with Gasteiger partial charge in [0.2, 0.25) is 0 Å². The Morgan fingerprint density at radius 3 is 2.78 bits per heavy atom. The van der Waals surface area contributed by atoms with Gasteiger partial charge in [-0.15, -0.1) is 11.3 Å². The lowest BCUT2D eigenvalue weighted by Crippen LogP contribution is -2.30. The topological polar surface area (TPSA) is 42.1 Å². The Morgan fingerprint density at radius 1 is 1.39 bits per heavy atom. The van der Waals surface area contributed by atoms with Crippen LogP contribution in [0.3, 0.4) is 0 Å². The van der Waals surface area contributed by atoms with Gasteiger partial charge in [0.15, 0.2) is 0 Å². The predicted molar refractivity (Wildman–Crippen MR) is 76.6 cm³/mol. The van der Waals surface area contributed by atoms with E-state index in [1.54, 1.807) is 11.3 Å². The van der Waals surface area contributed by atoms with Crippen molar-refractivity contribution >= 4 is 11.3 Å². The van der Waals surface area contributed by atoms with Gasteiger partial charge in [0.05, 0.1) is 11.7 Å². The quantitative estimate of drug-likeness (QED) is 0.899. The highest BCUT2D eigenvalue weighted by molar-refractivity contribution is 7.10. The van der Waals surface area contributed by atoms with Gasteiger partial charge < -0.3 is 5.73 Å². The SMILES string of the molecule is Cc1ccsc1C(CN)N(C)Cc1ccccn1. The Bertz CT molecular complexity index is 481. The van der Waals surface area contributed by atoms with E-state index in [2.05, 4.69) is 35.3 Å². The van der Waals surface area contributed by atoms with Crippen LogP contribution in [0.2, 0.25) is 0 Å². The maximum atomic E-state index is 5.93. The third-order valence-corrected chi connectivity index (χ3v) is 4.22. The number of hydrogen-bond acceptors (Lipinski definition) is 4. The highest BCUT2D eigenvalue weighted by atomic mass is 32.1. The summed E-state index contributed by atoms with van der Waals surface area (Å²) in [7, 11) is 2.10. The number of aryl methyl sites for hydroxylation is 1. The second-order valence-electron chi connectivity index (χ2n) is 4.46. The monoisotopic (exact) mass is 261 g/mol. The molecule has 0 amide bonds. The molecule has 0 aromatic carbocycles.